The van der Waals surface area contributed by atoms with Crippen LogP contribution in [0.3, 0.4) is 0 Å². The number of carboxylic acid groups (broad SMARTS) is 1. The van der Waals surface area contributed by atoms with Gasteiger partial charge in [0.1, 0.15) is 0 Å². The van der Waals surface area contributed by atoms with Gasteiger partial charge in [0.05, 0.1) is 0 Å². The van der Waals surface area contributed by atoms with Crippen LogP contribution in [0.1, 0.15) is 50.6 Å². The van der Waals surface area contributed by atoms with Crippen molar-refractivity contribution >= 4 is 5.97 Å². The van der Waals surface area contributed by atoms with Crippen molar-refractivity contribution in [3.8, 4) is 0 Å². The molecule has 0 saturated carbocycles. The van der Waals surface area contributed by atoms with Gasteiger partial charge in [0.2, 0.25) is 0 Å². The molecule has 0 aliphatic carbocycles. The van der Waals surface area contributed by atoms with Gasteiger partial charge in [-0.25, -0.2) is 8.78 Å². The lowest BCUT2D eigenvalue weighted by molar-refractivity contribution is -0.137. The molecule has 21 heavy (non-hydrogen) atoms. The summed E-state index contributed by atoms with van der Waals surface area (Å²) in [5.41, 5.74) is 0.733. The highest BCUT2D eigenvalue weighted by Gasteiger charge is 2.27. The van der Waals surface area contributed by atoms with Crippen LogP contribution in [0.2, 0.25) is 0 Å². The average Bonchev–Trinajstić information content (AvgIpc) is 2.47. The first kappa shape index (κ1) is 15.9. The van der Waals surface area contributed by atoms with E-state index in [2.05, 4.69) is 4.90 Å². The monoisotopic (exact) mass is 297 g/mol. The maximum Gasteiger partial charge on any atom is 0.303 e. The Morgan fingerprint density at radius 2 is 2.14 bits per heavy atom. The number of aliphatic carboxylic acids is 1. The number of likely N-dealkylation sites (tertiary alicyclic amines) is 1. The number of nitrogens with zero attached hydrogens (tertiary/aromatic N) is 1. The summed E-state index contributed by atoms with van der Waals surface area (Å²) in [4.78, 5) is 13.0. The lowest BCUT2D eigenvalue weighted by Crippen LogP contribution is -2.41. The Labute approximate surface area is 123 Å². The van der Waals surface area contributed by atoms with Crippen molar-refractivity contribution in [2.24, 2.45) is 0 Å². The Balaban J connectivity index is 2.11. The van der Waals surface area contributed by atoms with Crippen LogP contribution >= 0.6 is 0 Å². The zero-order valence-corrected chi connectivity index (χ0v) is 12.2. The number of piperidine rings is 1. The van der Waals surface area contributed by atoms with Crippen LogP contribution in [0, 0.1) is 11.6 Å². The molecule has 3 nitrogen and oxygen atoms in total. The third kappa shape index (κ3) is 4.00. The molecule has 0 amide bonds. The molecule has 1 aliphatic heterocycles. The highest BCUT2D eigenvalue weighted by Crippen LogP contribution is 2.31. The van der Waals surface area contributed by atoms with E-state index in [0.29, 0.717) is 6.42 Å². The third-order valence-corrected chi connectivity index (χ3v) is 4.29. The summed E-state index contributed by atoms with van der Waals surface area (Å²) in [6, 6.07) is 4.14. The van der Waals surface area contributed by atoms with Gasteiger partial charge in [0.15, 0.2) is 11.6 Å². The summed E-state index contributed by atoms with van der Waals surface area (Å²) >= 11 is 0. The summed E-state index contributed by atoms with van der Waals surface area (Å²) in [6.45, 7) is 2.83. The van der Waals surface area contributed by atoms with E-state index in [1.807, 2.05) is 6.92 Å². The molecule has 0 aromatic heterocycles. The molecule has 2 atom stereocenters. The van der Waals surface area contributed by atoms with E-state index in [0.717, 1.165) is 37.4 Å². The van der Waals surface area contributed by atoms with E-state index in [1.165, 1.54) is 6.07 Å². The van der Waals surface area contributed by atoms with Crippen LogP contribution in [-0.4, -0.2) is 28.6 Å². The van der Waals surface area contributed by atoms with Crippen LogP contribution in [0.5, 0.6) is 0 Å². The zero-order chi connectivity index (χ0) is 15.4. The second-order valence-corrected chi connectivity index (χ2v) is 5.67. The van der Waals surface area contributed by atoms with Crippen molar-refractivity contribution in [1.82, 2.24) is 4.90 Å². The minimum absolute atomic E-state index is 0.0424. The zero-order valence-electron chi connectivity index (χ0n) is 12.2. The quantitative estimate of drug-likeness (QED) is 0.900. The van der Waals surface area contributed by atoms with Gasteiger partial charge < -0.3 is 5.11 Å². The summed E-state index contributed by atoms with van der Waals surface area (Å²) in [7, 11) is 0. The topological polar surface area (TPSA) is 40.5 Å². The molecule has 2 rings (SSSR count). The Bertz CT molecular complexity index is 507. The minimum Gasteiger partial charge on any atom is -0.481 e. The molecular weight excluding hydrogens is 276 g/mol. The Hall–Kier alpha value is -1.49. The second-order valence-electron chi connectivity index (χ2n) is 5.67. The lowest BCUT2D eigenvalue weighted by atomic mass is 9.94. The maximum absolute atomic E-state index is 13.4. The lowest BCUT2D eigenvalue weighted by Gasteiger charge is -2.40. The first-order valence-electron chi connectivity index (χ1n) is 7.41. The van der Waals surface area contributed by atoms with Gasteiger partial charge in [-0.1, -0.05) is 12.5 Å². The van der Waals surface area contributed by atoms with Crippen LogP contribution < -0.4 is 0 Å². The number of carboxylic acids is 1. The molecule has 1 aromatic rings. The number of carbonyl (C=O) groups is 1. The van der Waals surface area contributed by atoms with Crippen molar-refractivity contribution < 1.29 is 18.7 Å². The number of rotatable bonds is 5. The van der Waals surface area contributed by atoms with Gasteiger partial charge in [0.25, 0.3) is 0 Å². The molecule has 0 radical (unpaired) electrons. The standard InChI is InChI=1S/C16H21F2NO2/c1-11(12-5-7-14(17)15(18)10-12)19-9-3-2-4-13(19)6-8-16(20)21/h5,7,10-11,13H,2-4,6,8-9H2,1H3,(H,20,21). The Kier molecular flexibility index (Phi) is 5.28. The molecule has 5 heteroatoms. The molecule has 0 bridgehead atoms. The second kappa shape index (κ2) is 6.98. The summed E-state index contributed by atoms with van der Waals surface area (Å²) < 4.78 is 26.4. The van der Waals surface area contributed by atoms with E-state index >= 15 is 0 Å². The fourth-order valence-corrected chi connectivity index (χ4v) is 3.10. The molecule has 1 heterocycles. The van der Waals surface area contributed by atoms with Gasteiger partial charge in [0, 0.05) is 18.5 Å². The van der Waals surface area contributed by atoms with E-state index in [1.54, 1.807) is 6.07 Å². The van der Waals surface area contributed by atoms with Crippen LogP contribution in [0.4, 0.5) is 8.78 Å². The molecule has 116 valence electrons. The highest BCUT2D eigenvalue weighted by molar-refractivity contribution is 5.66. The average molecular weight is 297 g/mol. The van der Waals surface area contributed by atoms with Gasteiger partial charge in [-0.15, -0.1) is 0 Å². The number of hydrogen-bond acceptors (Lipinski definition) is 2. The summed E-state index contributed by atoms with van der Waals surface area (Å²) in [5.74, 6) is -2.47. The molecule has 1 saturated heterocycles. The molecule has 1 fully saturated rings. The molecule has 0 spiro atoms. The first-order chi connectivity index (χ1) is 9.99. The van der Waals surface area contributed by atoms with Crippen molar-refractivity contribution in [2.75, 3.05) is 6.54 Å². The van der Waals surface area contributed by atoms with Crippen molar-refractivity contribution in [3.63, 3.8) is 0 Å². The van der Waals surface area contributed by atoms with Crippen molar-refractivity contribution in [3.05, 3.63) is 35.4 Å². The summed E-state index contributed by atoms with van der Waals surface area (Å²) in [6.07, 6.45) is 3.85. The molecule has 1 aromatic carbocycles. The van der Waals surface area contributed by atoms with E-state index in [4.69, 9.17) is 5.11 Å². The predicted molar refractivity (Wildman–Crippen MR) is 76.0 cm³/mol. The molecule has 2 unspecified atom stereocenters. The Morgan fingerprint density at radius 1 is 1.38 bits per heavy atom. The molecular formula is C16H21F2NO2. The normalized spacial score (nSPS) is 21.2. The number of hydrogen-bond donors (Lipinski definition) is 1. The molecule has 1 aliphatic rings. The smallest absolute Gasteiger partial charge is 0.303 e. The third-order valence-electron chi connectivity index (χ3n) is 4.29. The Morgan fingerprint density at radius 3 is 2.81 bits per heavy atom. The van der Waals surface area contributed by atoms with Crippen molar-refractivity contribution in [2.45, 2.75) is 51.1 Å². The fourth-order valence-electron chi connectivity index (χ4n) is 3.10. The minimum atomic E-state index is -0.841. The van der Waals surface area contributed by atoms with Crippen molar-refractivity contribution in [1.29, 1.82) is 0 Å². The highest BCUT2D eigenvalue weighted by atomic mass is 19.2. The maximum atomic E-state index is 13.4. The SMILES string of the molecule is CC(c1ccc(F)c(F)c1)N1CCCCC1CCC(=O)O. The first-order valence-corrected chi connectivity index (χ1v) is 7.41. The van der Waals surface area contributed by atoms with Gasteiger partial charge in [-0.05, 0) is 50.4 Å². The van der Waals surface area contributed by atoms with E-state index in [9.17, 15) is 13.6 Å². The van der Waals surface area contributed by atoms with Gasteiger partial charge in [-0.2, -0.15) is 0 Å². The van der Waals surface area contributed by atoms with Crippen LogP contribution in [0.25, 0.3) is 0 Å². The van der Waals surface area contributed by atoms with Gasteiger partial charge in [-0.3, -0.25) is 9.69 Å². The van der Waals surface area contributed by atoms with E-state index in [-0.39, 0.29) is 18.5 Å². The number of benzene rings is 1. The predicted octanol–water partition coefficient (Wildman–Crippen LogP) is 3.75. The molecule has 1 N–H and O–H groups in total. The van der Waals surface area contributed by atoms with Crippen LogP contribution in [0.15, 0.2) is 18.2 Å². The van der Waals surface area contributed by atoms with E-state index < -0.39 is 17.6 Å². The largest absolute Gasteiger partial charge is 0.481 e. The summed E-state index contributed by atoms with van der Waals surface area (Å²) in [5, 5.41) is 8.84. The van der Waals surface area contributed by atoms with Gasteiger partial charge >= 0.3 is 5.97 Å². The fraction of sp³-hybridized carbons (Fsp3) is 0.562. The van der Waals surface area contributed by atoms with Crippen LogP contribution in [-0.2, 0) is 4.79 Å². The number of halogens is 2.